The maximum atomic E-state index is 12.5. The average molecular weight is 316 g/mol. The largest absolute Gasteiger partial charge is 0.291 e. The van der Waals surface area contributed by atoms with E-state index in [1.54, 1.807) is 20.9 Å². The molecule has 0 N–H and O–H groups in total. The van der Waals surface area contributed by atoms with Gasteiger partial charge in [-0.2, -0.15) is 0 Å². The summed E-state index contributed by atoms with van der Waals surface area (Å²) >= 11 is 5.26. The van der Waals surface area contributed by atoms with Crippen LogP contribution < -0.4 is 0 Å². The first-order valence-electron chi connectivity index (χ1n) is 7.14. The molecule has 1 fully saturated rings. The minimum absolute atomic E-state index is 0.249. The lowest BCUT2D eigenvalue weighted by molar-refractivity contribution is -0.153. The van der Waals surface area contributed by atoms with Crippen LogP contribution in [-0.2, 0) is 9.59 Å². The Balaban J connectivity index is 2.12. The van der Waals surface area contributed by atoms with Crippen molar-refractivity contribution >= 4 is 34.7 Å². The summed E-state index contributed by atoms with van der Waals surface area (Å²) in [6.07, 6.45) is 0.605. The van der Waals surface area contributed by atoms with Crippen molar-refractivity contribution in [3.8, 4) is 0 Å². The van der Waals surface area contributed by atoms with E-state index in [1.165, 1.54) is 9.80 Å². The predicted octanol–water partition coefficient (Wildman–Crippen LogP) is 2.70. The smallest absolute Gasteiger partial charge is 0.243 e. The summed E-state index contributed by atoms with van der Waals surface area (Å²) < 4.78 is 0. The third-order valence-corrected chi connectivity index (χ3v) is 4.45. The van der Waals surface area contributed by atoms with Gasteiger partial charge in [-0.3, -0.25) is 19.4 Å². The molecule has 2 amide bonds. The van der Waals surface area contributed by atoms with Crippen LogP contribution in [0, 0.1) is 5.41 Å². The van der Waals surface area contributed by atoms with Gasteiger partial charge in [-0.15, -0.1) is 0 Å². The van der Waals surface area contributed by atoms with Crippen LogP contribution in [0.3, 0.4) is 0 Å². The molecule has 2 rings (SSSR count). The maximum Gasteiger partial charge on any atom is 0.243 e. The Morgan fingerprint density at radius 1 is 1.18 bits per heavy atom. The molecule has 5 heteroatoms. The number of rotatable bonds is 4. The monoisotopic (exact) mass is 316 g/mol. The van der Waals surface area contributed by atoms with Crippen molar-refractivity contribution in [2.45, 2.75) is 20.3 Å². The highest BCUT2D eigenvalue weighted by Crippen LogP contribution is 2.28. The van der Waals surface area contributed by atoms with Gasteiger partial charge in [-0.05, 0) is 43.6 Å². The van der Waals surface area contributed by atoms with Crippen LogP contribution in [-0.4, -0.2) is 40.3 Å². The zero-order valence-corrected chi connectivity index (χ0v) is 13.9. The minimum Gasteiger partial charge on any atom is -0.291 e. The first-order valence-corrected chi connectivity index (χ1v) is 7.55. The van der Waals surface area contributed by atoms with Gasteiger partial charge in [0.05, 0.1) is 0 Å². The van der Waals surface area contributed by atoms with Gasteiger partial charge in [0.25, 0.3) is 0 Å². The van der Waals surface area contributed by atoms with Crippen molar-refractivity contribution in [1.82, 2.24) is 9.80 Å². The molecule has 0 bridgehead atoms. The molecule has 1 aliphatic rings. The number of carbonyl (C=O) groups is 2. The van der Waals surface area contributed by atoms with Gasteiger partial charge >= 0.3 is 0 Å². The van der Waals surface area contributed by atoms with Crippen molar-refractivity contribution in [3.63, 3.8) is 0 Å². The molecule has 0 aliphatic carbocycles. The van der Waals surface area contributed by atoms with E-state index in [2.05, 4.69) is 6.58 Å². The fourth-order valence-corrected chi connectivity index (χ4v) is 2.72. The summed E-state index contributed by atoms with van der Waals surface area (Å²) in [5, 5.41) is 0.259. The highest BCUT2D eigenvalue weighted by molar-refractivity contribution is 7.80. The molecule has 1 aromatic carbocycles. The van der Waals surface area contributed by atoms with E-state index < -0.39 is 5.41 Å². The quantitative estimate of drug-likeness (QED) is 0.633. The van der Waals surface area contributed by atoms with Gasteiger partial charge in [0.1, 0.15) is 5.41 Å². The molecule has 1 heterocycles. The molecule has 1 aromatic rings. The van der Waals surface area contributed by atoms with Crippen LogP contribution >= 0.6 is 12.2 Å². The zero-order valence-electron chi connectivity index (χ0n) is 13.1. The average Bonchev–Trinajstić information content (AvgIpc) is 2.52. The number of nitrogens with zero attached hydrogens (tertiary/aromatic N) is 2. The standard InChI is InChI=1S/C17H20N2O2S/c1-12(13-8-6-5-7-9-13)10-11-19-15(21)17(2,3)14(20)18(4)16(19)22/h5-9H,1,10-11H2,2-4H3. The topological polar surface area (TPSA) is 40.6 Å². The minimum atomic E-state index is -1.08. The van der Waals surface area contributed by atoms with Crippen molar-refractivity contribution in [2.24, 2.45) is 5.41 Å². The highest BCUT2D eigenvalue weighted by atomic mass is 32.1. The lowest BCUT2D eigenvalue weighted by Gasteiger charge is -2.41. The molecule has 0 radical (unpaired) electrons. The van der Waals surface area contributed by atoms with Crippen LogP contribution in [0.25, 0.3) is 5.57 Å². The van der Waals surface area contributed by atoms with Gasteiger partial charge in [0.15, 0.2) is 5.11 Å². The van der Waals surface area contributed by atoms with Gasteiger partial charge < -0.3 is 0 Å². The van der Waals surface area contributed by atoms with Crippen LogP contribution in [0.4, 0.5) is 0 Å². The van der Waals surface area contributed by atoms with E-state index >= 15 is 0 Å². The lowest BCUT2D eigenvalue weighted by atomic mass is 9.88. The summed E-state index contributed by atoms with van der Waals surface area (Å²) in [6, 6.07) is 9.82. The van der Waals surface area contributed by atoms with Gasteiger partial charge in [-0.1, -0.05) is 36.9 Å². The molecule has 22 heavy (non-hydrogen) atoms. The second kappa shape index (κ2) is 6.01. The van der Waals surface area contributed by atoms with Crippen LogP contribution in [0.15, 0.2) is 36.9 Å². The summed E-state index contributed by atoms with van der Waals surface area (Å²) in [4.78, 5) is 27.6. The van der Waals surface area contributed by atoms with Gasteiger partial charge in [0.2, 0.25) is 11.8 Å². The summed E-state index contributed by atoms with van der Waals surface area (Å²) in [7, 11) is 1.61. The van der Waals surface area contributed by atoms with Crippen LogP contribution in [0.1, 0.15) is 25.8 Å². The van der Waals surface area contributed by atoms with E-state index in [-0.39, 0.29) is 16.9 Å². The van der Waals surface area contributed by atoms with E-state index in [1.807, 2.05) is 30.3 Å². The van der Waals surface area contributed by atoms with Crippen molar-refractivity contribution in [2.75, 3.05) is 13.6 Å². The number of benzene rings is 1. The Hall–Kier alpha value is -2.01. The van der Waals surface area contributed by atoms with Crippen molar-refractivity contribution in [3.05, 3.63) is 42.5 Å². The van der Waals surface area contributed by atoms with Crippen LogP contribution in [0.5, 0.6) is 0 Å². The Bertz CT molecular complexity index is 637. The summed E-state index contributed by atoms with van der Waals surface area (Å²) in [5.41, 5.74) is 0.903. The normalized spacial score (nSPS) is 17.9. The van der Waals surface area contributed by atoms with Gasteiger partial charge in [0, 0.05) is 13.6 Å². The van der Waals surface area contributed by atoms with Gasteiger partial charge in [-0.25, -0.2) is 0 Å². The number of amides is 2. The number of hydrogen-bond donors (Lipinski definition) is 0. The second-order valence-electron chi connectivity index (χ2n) is 5.95. The van der Waals surface area contributed by atoms with E-state index in [0.29, 0.717) is 13.0 Å². The third kappa shape index (κ3) is 2.81. The number of hydrogen-bond acceptors (Lipinski definition) is 3. The third-order valence-electron chi connectivity index (χ3n) is 3.96. The Labute approximate surface area is 136 Å². The zero-order chi connectivity index (χ0) is 16.5. The molecule has 0 saturated carbocycles. The molecule has 0 atom stereocenters. The summed E-state index contributed by atoms with van der Waals surface area (Å²) in [5.74, 6) is -0.512. The highest BCUT2D eigenvalue weighted by Gasteiger charge is 2.48. The van der Waals surface area contributed by atoms with E-state index in [9.17, 15) is 9.59 Å². The fraction of sp³-hybridized carbons (Fsp3) is 0.353. The summed E-state index contributed by atoms with van der Waals surface area (Å²) in [6.45, 7) is 7.76. The SMILES string of the molecule is C=C(CCN1C(=O)C(C)(C)C(=O)N(C)C1=S)c1ccccc1. The number of carbonyl (C=O) groups excluding carboxylic acids is 2. The number of thiocarbonyl (C=S) groups is 1. The lowest BCUT2D eigenvalue weighted by Crippen LogP contribution is -2.62. The molecule has 0 aromatic heterocycles. The first-order chi connectivity index (χ1) is 10.3. The van der Waals surface area contributed by atoms with Crippen molar-refractivity contribution < 1.29 is 9.59 Å². The maximum absolute atomic E-state index is 12.5. The second-order valence-corrected chi connectivity index (χ2v) is 6.31. The molecule has 1 aliphatic heterocycles. The van der Waals surface area contributed by atoms with Crippen LogP contribution in [0.2, 0.25) is 0 Å². The molecule has 0 spiro atoms. The fourth-order valence-electron chi connectivity index (χ4n) is 2.47. The Morgan fingerprint density at radius 3 is 2.36 bits per heavy atom. The Kier molecular flexibility index (Phi) is 4.47. The Morgan fingerprint density at radius 2 is 1.77 bits per heavy atom. The molecule has 116 valence electrons. The van der Waals surface area contributed by atoms with E-state index in [0.717, 1.165) is 11.1 Å². The molecule has 0 unspecified atom stereocenters. The molecule has 4 nitrogen and oxygen atoms in total. The molecule has 1 saturated heterocycles. The molecular formula is C17H20N2O2S. The first kappa shape index (κ1) is 16.4. The van der Waals surface area contributed by atoms with Crippen molar-refractivity contribution in [1.29, 1.82) is 0 Å². The molecular weight excluding hydrogens is 296 g/mol. The van der Waals surface area contributed by atoms with E-state index in [4.69, 9.17) is 12.2 Å². The predicted molar refractivity (Wildman–Crippen MR) is 91.0 cm³/mol.